The van der Waals surface area contributed by atoms with E-state index in [1.54, 1.807) is 19.1 Å². The lowest BCUT2D eigenvalue weighted by Gasteiger charge is -2.20. The van der Waals surface area contributed by atoms with Crippen molar-refractivity contribution in [2.24, 2.45) is 13.0 Å². The van der Waals surface area contributed by atoms with E-state index in [1.807, 2.05) is 0 Å². The number of hydrogen-bond acceptors (Lipinski definition) is 10. The van der Waals surface area contributed by atoms with Gasteiger partial charge >= 0.3 is 18.0 Å². The topological polar surface area (TPSA) is 149 Å². The highest BCUT2D eigenvalue weighted by Gasteiger charge is 2.39. The molecule has 0 amide bonds. The number of ketones is 3. The number of rotatable bonds is 10. The summed E-state index contributed by atoms with van der Waals surface area (Å²) in [6.07, 6.45) is -7.55. The van der Waals surface area contributed by atoms with Crippen LogP contribution in [-0.2, 0) is 45.1 Å². The summed E-state index contributed by atoms with van der Waals surface area (Å²) < 4.78 is 108. The van der Waals surface area contributed by atoms with Gasteiger partial charge in [-0.25, -0.2) is 18.7 Å². The first kappa shape index (κ1) is 42.5. The molecule has 5 rings (SSSR count). The standard InChI is InChI=1S/C18H12ClF4N3O3.C17H18F3NO5/c1-9-13(4-3-5-24-9)29-14-7-12(11(20)6-10(14)19)26-16(27)8-15(18(21,22)23)25(2)17(26)28;1-25-7-8-26-9-11-10(5-6-14(21-11)17(18,19)20)16(24)15-12(22)3-2-4-13(15)23/h3-8H,1-2H3;5-6,15H,2-4,7-9H2,1H3. The molecule has 1 aromatic carbocycles. The molecular formula is C35H30ClF7N4O8. The number of alkyl halides is 6. The van der Waals surface area contributed by atoms with Crippen LogP contribution in [0.3, 0.4) is 0 Å². The second-order valence-corrected chi connectivity index (χ2v) is 12.2. The highest BCUT2D eigenvalue weighted by Crippen LogP contribution is 2.34. The zero-order chi connectivity index (χ0) is 40.8. The first-order valence-corrected chi connectivity index (χ1v) is 16.4. The largest absolute Gasteiger partial charge is 0.454 e. The maximum absolute atomic E-state index is 14.5. The average molecular weight is 803 g/mol. The van der Waals surface area contributed by atoms with Gasteiger partial charge in [-0.15, -0.1) is 0 Å². The zero-order valence-corrected chi connectivity index (χ0v) is 29.8. The van der Waals surface area contributed by atoms with Crippen LogP contribution >= 0.6 is 11.6 Å². The maximum Gasteiger partial charge on any atom is 0.433 e. The van der Waals surface area contributed by atoms with Crippen LogP contribution in [0.15, 0.2) is 58.3 Å². The quantitative estimate of drug-likeness (QED) is 0.0783. The molecule has 0 bridgehead atoms. The molecule has 1 saturated carbocycles. The lowest BCUT2D eigenvalue weighted by atomic mass is 9.81. The number of hydrogen-bond donors (Lipinski definition) is 0. The van der Waals surface area contributed by atoms with E-state index in [0.29, 0.717) is 18.2 Å². The van der Waals surface area contributed by atoms with Crippen LogP contribution in [0, 0.1) is 18.7 Å². The first-order chi connectivity index (χ1) is 25.8. The van der Waals surface area contributed by atoms with E-state index in [-0.39, 0.29) is 75.6 Å². The van der Waals surface area contributed by atoms with Crippen LogP contribution in [0.4, 0.5) is 30.7 Å². The number of aryl methyl sites for hydroxylation is 1. The number of methoxy groups -OCH3 is 1. The summed E-state index contributed by atoms with van der Waals surface area (Å²) in [6.45, 7) is 1.57. The molecular weight excluding hydrogens is 773 g/mol. The third-order valence-corrected chi connectivity index (χ3v) is 8.28. The van der Waals surface area contributed by atoms with Gasteiger partial charge in [-0.1, -0.05) is 11.6 Å². The van der Waals surface area contributed by atoms with Gasteiger partial charge in [0.2, 0.25) is 0 Å². The highest BCUT2D eigenvalue weighted by molar-refractivity contribution is 6.32. The van der Waals surface area contributed by atoms with Crippen molar-refractivity contribution in [3.05, 3.63) is 109 Å². The third-order valence-electron chi connectivity index (χ3n) is 7.98. The minimum absolute atomic E-state index is 0.0867. The van der Waals surface area contributed by atoms with Crippen LogP contribution in [0.25, 0.3) is 5.69 Å². The zero-order valence-electron chi connectivity index (χ0n) is 29.0. The summed E-state index contributed by atoms with van der Waals surface area (Å²) in [6, 6.07) is 6.71. The fourth-order valence-electron chi connectivity index (χ4n) is 5.24. The third kappa shape index (κ3) is 10.1. The van der Waals surface area contributed by atoms with Gasteiger partial charge in [0.25, 0.3) is 5.56 Å². The Labute approximate surface area is 311 Å². The Balaban J connectivity index is 0.000000246. The SMILES string of the molecule is COCCOCc1nc(C(F)(F)F)ccc1C(=O)C1C(=O)CCCC1=O.Cc1ncccc1Oc1cc(-n2c(=O)cc(C(F)(F)F)n(C)c2=O)c(F)cc1Cl. The number of carbonyl (C=O) groups excluding carboxylic acids is 3. The van der Waals surface area contributed by atoms with Crippen LogP contribution in [0.2, 0.25) is 5.02 Å². The molecule has 0 atom stereocenters. The van der Waals surface area contributed by atoms with Crippen molar-refractivity contribution in [3.63, 3.8) is 0 Å². The summed E-state index contributed by atoms with van der Waals surface area (Å²) in [5.74, 6) is -4.27. The number of halogens is 8. The summed E-state index contributed by atoms with van der Waals surface area (Å²) in [5, 5.41) is -0.175. The van der Waals surface area contributed by atoms with Gasteiger partial charge in [0, 0.05) is 50.9 Å². The molecule has 1 aliphatic carbocycles. The lowest BCUT2D eigenvalue weighted by Crippen LogP contribution is -2.41. The summed E-state index contributed by atoms with van der Waals surface area (Å²) in [7, 11) is 2.26. The molecule has 0 spiro atoms. The molecule has 0 radical (unpaired) electrons. The number of ether oxygens (including phenoxy) is 3. The van der Waals surface area contributed by atoms with Crippen molar-refractivity contribution < 1.29 is 59.3 Å². The van der Waals surface area contributed by atoms with Crippen LogP contribution < -0.4 is 16.0 Å². The predicted molar refractivity (Wildman–Crippen MR) is 179 cm³/mol. The Kier molecular flexibility index (Phi) is 13.5. The molecule has 4 aromatic rings. The second kappa shape index (κ2) is 17.5. The molecule has 3 heterocycles. The van der Waals surface area contributed by atoms with Crippen LogP contribution in [0.1, 0.15) is 52.4 Å². The molecule has 294 valence electrons. The van der Waals surface area contributed by atoms with Gasteiger partial charge in [-0.05, 0) is 43.7 Å². The summed E-state index contributed by atoms with van der Waals surface area (Å²) in [5.41, 5.74) is -5.96. The van der Waals surface area contributed by atoms with E-state index >= 15 is 0 Å². The minimum atomic E-state index is -4.93. The first-order valence-electron chi connectivity index (χ1n) is 16.0. The fraction of sp³-hybridized carbons (Fsp3) is 0.343. The second-order valence-electron chi connectivity index (χ2n) is 11.8. The van der Waals surface area contributed by atoms with E-state index in [1.165, 1.54) is 13.3 Å². The van der Waals surface area contributed by atoms with E-state index in [9.17, 15) is 54.7 Å². The van der Waals surface area contributed by atoms with Crippen molar-refractivity contribution in [3.8, 4) is 17.2 Å². The molecule has 0 unspecified atom stereocenters. The van der Waals surface area contributed by atoms with Crippen molar-refractivity contribution in [1.29, 1.82) is 0 Å². The van der Waals surface area contributed by atoms with E-state index in [2.05, 4.69) is 9.97 Å². The van der Waals surface area contributed by atoms with Crippen LogP contribution in [-0.4, -0.2) is 56.8 Å². The number of pyridine rings is 2. The molecule has 3 aromatic heterocycles. The lowest BCUT2D eigenvalue weighted by molar-refractivity contribution is -0.144. The molecule has 0 N–H and O–H groups in total. The number of nitrogens with zero attached hydrogens (tertiary/aromatic N) is 4. The Morgan fingerprint density at radius 3 is 2.22 bits per heavy atom. The molecule has 0 saturated heterocycles. The van der Waals surface area contributed by atoms with Gasteiger partial charge in [-0.2, -0.15) is 26.3 Å². The summed E-state index contributed by atoms with van der Waals surface area (Å²) in [4.78, 5) is 68.7. The molecule has 20 heteroatoms. The van der Waals surface area contributed by atoms with Crippen molar-refractivity contribution in [2.45, 2.75) is 45.1 Å². The number of aromatic nitrogens is 4. The average Bonchev–Trinajstić information content (AvgIpc) is 3.10. The Bertz CT molecular complexity index is 2200. The maximum atomic E-state index is 14.5. The van der Waals surface area contributed by atoms with Crippen molar-refractivity contribution in [2.75, 3.05) is 20.3 Å². The molecule has 1 fully saturated rings. The summed E-state index contributed by atoms with van der Waals surface area (Å²) >= 11 is 5.98. The molecule has 0 aliphatic heterocycles. The monoisotopic (exact) mass is 802 g/mol. The van der Waals surface area contributed by atoms with Gasteiger partial charge in [0.15, 0.2) is 17.3 Å². The number of benzene rings is 1. The van der Waals surface area contributed by atoms with Crippen molar-refractivity contribution in [1.82, 2.24) is 19.1 Å². The number of Topliss-reactive ketones (excluding diaryl/α,β-unsaturated/α-hetero) is 3. The van der Waals surface area contributed by atoms with Gasteiger partial charge < -0.3 is 14.2 Å². The Morgan fingerprint density at radius 2 is 1.62 bits per heavy atom. The van der Waals surface area contributed by atoms with E-state index < -0.39 is 69.8 Å². The fourth-order valence-corrected chi connectivity index (χ4v) is 5.43. The van der Waals surface area contributed by atoms with Crippen molar-refractivity contribution >= 4 is 29.0 Å². The predicted octanol–water partition coefficient (Wildman–Crippen LogP) is 6.23. The van der Waals surface area contributed by atoms with Crippen LogP contribution in [0.5, 0.6) is 11.5 Å². The van der Waals surface area contributed by atoms with Gasteiger partial charge in [0.1, 0.15) is 34.6 Å². The Morgan fingerprint density at radius 1 is 0.945 bits per heavy atom. The Hall–Kier alpha value is -5.27. The molecule has 1 aliphatic rings. The molecule has 55 heavy (non-hydrogen) atoms. The smallest absolute Gasteiger partial charge is 0.433 e. The number of carbonyl (C=O) groups is 3. The van der Waals surface area contributed by atoms with E-state index in [4.69, 9.17) is 25.8 Å². The normalized spacial score (nSPS) is 13.7. The van der Waals surface area contributed by atoms with Gasteiger partial charge in [0.05, 0.1) is 41.9 Å². The van der Waals surface area contributed by atoms with Gasteiger partial charge in [-0.3, -0.25) is 28.7 Å². The van der Waals surface area contributed by atoms with E-state index in [0.717, 1.165) is 25.2 Å². The molecule has 12 nitrogen and oxygen atoms in total. The highest BCUT2D eigenvalue weighted by atomic mass is 35.5. The minimum Gasteiger partial charge on any atom is -0.454 e.